The Bertz CT molecular complexity index is 1800. The van der Waals surface area contributed by atoms with Gasteiger partial charge in [-0.05, 0) is 0 Å². The molecule has 0 unspecified atom stereocenters. The van der Waals surface area contributed by atoms with Crippen LogP contribution in [0, 0.1) is 82.8 Å². The summed E-state index contributed by atoms with van der Waals surface area (Å²) in [4.78, 5) is 7.11. The smallest absolute Gasteiger partial charge is 0 e. The van der Waals surface area contributed by atoms with Crippen LogP contribution in [0.4, 0.5) is 11.4 Å². The molecule has 0 spiro atoms. The minimum Gasteiger partial charge on any atom is 0 e. The second-order valence-corrected chi connectivity index (χ2v) is 14.2. The molecule has 1 aliphatic rings. The quantitative estimate of drug-likeness (QED) is 0.0668. The van der Waals surface area contributed by atoms with E-state index < -0.39 is 0 Å². The van der Waals surface area contributed by atoms with E-state index in [9.17, 15) is 0 Å². The molecule has 1 heterocycles. The van der Waals surface area contributed by atoms with Crippen LogP contribution in [-0.4, -0.2) is 29.3 Å². The Labute approximate surface area is 327 Å². The van der Waals surface area contributed by atoms with Crippen molar-refractivity contribution in [1.29, 1.82) is 0 Å². The molecule has 1 radical (unpaired) electrons. The van der Waals surface area contributed by atoms with E-state index >= 15 is 0 Å². The molecule has 46 heavy (non-hydrogen) atoms. The number of hydrogen-bond acceptors (Lipinski definition) is 5. The number of anilines is 2. The third-order valence-corrected chi connectivity index (χ3v) is 10.9. The first-order valence-electron chi connectivity index (χ1n) is 15.4. The number of aryl methyl sites for hydroxylation is 6. The van der Waals surface area contributed by atoms with E-state index in [4.69, 9.17) is 17.4 Å². The molecule has 3 nitrogen and oxygen atoms in total. The number of para-hydroxylation sites is 1. The third kappa shape index (κ3) is 7.13. The van der Waals surface area contributed by atoms with E-state index in [0.717, 1.165) is 39.6 Å². The number of nitrogens with zero attached hydrogens (tertiary/aromatic N) is 2. The summed E-state index contributed by atoms with van der Waals surface area (Å²) in [7, 11) is 0. The summed E-state index contributed by atoms with van der Waals surface area (Å²) in [6.45, 7) is 15.1. The number of hydrogen-bond donors (Lipinski definition) is 0. The maximum absolute atomic E-state index is 7.23. The third-order valence-electron chi connectivity index (χ3n) is 8.66. The summed E-state index contributed by atoms with van der Waals surface area (Å²) in [5.41, 5.74) is 11.0. The maximum Gasteiger partial charge on any atom is 0 e. The normalized spacial score (nSPS) is 14.0. The summed E-state index contributed by atoms with van der Waals surface area (Å²) in [6, 6.07) is 30.2. The second-order valence-electron chi connectivity index (χ2n) is 12.2. The Balaban J connectivity index is 0.00000417. The van der Waals surface area contributed by atoms with Crippen LogP contribution in [0.25, 0.3) is 10.8 Å². The van der Waals surface area contributed by atoms with Gasteiger partial charge in [0.05, 0.1) is 0 Å². The minimum atomic E-state index is -0.312. The van der Waals surface area contributed by atoms with Gasteiger partial charge in [0.1, 0.15) is 0 Å². The summed E-state index contributed by atoms with van der Waals surface area (Å²) in [5, 5.41) is 2.35. The second kappa shape index (κ2) is 15.2. The van der Waals surface area contributed by atoms with Gasteiger partial charge in [0, 0.05) is 41.3 Å². The predicted octanol–water partition coefficient (Wildman–Crippen LogP) is 9.14. The fourth-order valence-electron chi connectivity index (χ4n) is 7.08. The summed E-state index contributed by atoms with van der Waals surface area (Å²) >= 11 is 10.4. The van der Waals surface area contributed by atoms with E-state index in [2.05, 4.69) is 159 Å². The molecule has 0 amide bonds. The monoisotopic (exact) mass is 858 g/mol. The van der Waals surface area contributed by atoms with Crippen molar-refractivity contribution in [1.82, 2.24) is 0 Å². The van der Waals surface area contributed by atoms with Crippen LogP contribution in [0.1, 0.15) is 38.9 Å². The molecule has 1 fully saturated rings. The number of fused-ring (bicyclic) bond motifs is 1. The number of ether oxygens (including phenoxy) is 1. The Kier molecular flexibility index (Phi) is 11.7. The van der Waals surface area contributed by atoms with Crippen LogP contribution >= 0.6 is 11.8 Å². The van der Waals surface area contributed by atoms with Crippen LogP contribution in [0.2, 0.25) is 0 Å². The topological polar surface area (TPSA) is 15.7 Å². The van der Waals surface area contributed by atoms with Gasteiger partial charge in [-0.2, -0.15) is 0 Å². The largest absolute Gasteiger partial charge is 0 e. The number of thioether (sulfide) groups is 1. The van der Waals surface area contributed by atoms with Gasteiger partial charge in [0.25, 0.3) is 0 Å². The summed E-state index contributed by atoms with van der Waals surface area (Å²) in [6.07, 6.45) is -0.109. The molecule has 0 bridgehead atoms. The molecular formula is C39H39N2OPrRuS2. The van der Waals surface area contributed by atoms with Crippen molar-refractivity contribution in [2.45, 2.75) is 62.9 Å². The molecule has 7 heteroatoms. The molecule has 234 valence electrons. The summed E-state index contributed by atoms with van der Waals surface area (Å²) < 4.78 is 9.28. The Morgan fingerprint density at radius 1 is 0.761 bits per heavy atom. The van der Waals surface area contributed by atoms with Gasteiger partial charge in [-0.25, -0.2) is 0 Å². The van der Waals surface area contributed by atoms with E-state index in [1.54, 1.807) is 11.8 Å². The van der Waals surface area contributed by atoms with Crippen molar-refractivity contribution in [3.05, 3.63) is 124 Å². The first-order valence-corrected chi connectivity index (χ1v) is 17.7. The van der Waals surface area contributed by atoms with E-state index in [0.29, 0.717) is 0 Å². The Morgan fingerprint density at radius 2 is 1.28 bits per heavy atom. The van der Waals surface area contributed by atoms with E-state index in [-0.39, 0.29) is 52.9 Å². The minimum absolute atomic E-state index is 0. The van der Waals surface area contributed by atoms with Crippen LogP contribution < -0.4 is 14.5 Å². The summed E-state index contributed by atoms with van der Waals surface area (Å²) in [5.74, 6) is 0.862. The Hall–Kier alpha value is -1.81. The standard InChI is InChI=1S/C39H40N2OS2.Pr.Ru/c1-24-20-27(4)35(28(5)21-24)40-18-19-41(36-29(6)22-25(2)23-30(36)7)38(40)39(42-33-15-11-8-12-26(33)3)44-37-32-14-10-9-13-31(32)16-17-34(37)43;;/h3,8-17,20-23,38-39,43H,18-19H2,1-2,4-7H3;;/q;;+1/p-1/t39-;;/m1../s1. The Morgan fingerprint density at radius 3 is 1.85 bits per heavy atom. The van der Waals surface area contributed by atoms with Gasteiger partial charge in [-0.15, -0.1) is 0 Å². The predicted molar refractivity (Wildman–Crippen MR) is 191 cm³/mol. The van der Waals surface area contributed by atoms with Crippen molar-refractivity contribution in [3.8, 4) is 5.75 Å². The zero-order chi connectivity index (χ0) is 31.8. The molecule has 1 saturated heterocycles. The van der Waals surface area contributed by atoms with Gasteiger partial charge >= 0.3 is 289 Å². The zero-order valence-corrected chi connectivity index (χ0v) is 34.4. The molecule has 0 aliphatic carbocycles. The number of benzene rings is 5. The van der Waals surface area contributed by atoms with Gasteiger partial charge in [-0.1, -0.05) is 0 Å². The molecule has 5 aromatic carbocycles. The van der Waals surface area contributed by atoms with Crippen molar-refractivity contribution in [2.75, 3.05) is 22.9 Å². The first kappa shape index (κ1) is 35.5. The molecule has 1 aliphatic heterocycles. The fraction of sp³-hybridized carbons (Fsp3) is 0.256. The van der Waals surface area contributed by atoms with Gasteiger partial charge < -0.3 is 0 Å². The van der Waals surface area contributed by atoms with Gasteiger partial charge in [-0.3, -0.25) is 0 Å². The maximum atomic E-state index is 7.23. The van der Waals surface area contributed by atoms with Crippen molar-refractivity contribution in [2.24, 2.45) is 0 Å². The average molecular weight is 858 g/mol. The molecule has 0 aromatic heterocycles. The SMILES string of the molecule is Cc1cc(C)c(N2CCN(c3c(C)cc(C)cc3C)C2[C@H](Oc2ccccc2[CH]=[Ru+])Sc2c([S-])ccc3ccccc23)c(C)c1.[Pr]. The van der Waals surface area contributed by atoms with Crippen LogP contribution in [-0.2, 0) is 30.5 Å². The molecule has 5 aromatic rings. The van der Waals surface area contributed by atoms with E-state index in [1.165, 1.54) is 50.1 Å². The van der Waals surface area contributed by atoms with Crippen molar-refractivity contribution in [3.63, 3.8) is 0 Å². The fourth-order valence-corrected chi connectivity index (χ4v) is 9.12. The van der Waals surface area contributed by atoms with Crippen molar-refractivity contribution >= 4 is 51.1 Å². The average Bonchev–Trinajstić information content (AvgIpc) is 3.41. The van der Waals surface area contributed by atoms with Crippen molar-refractivity contribution < 1.29 is 63.9 Å². The molecular weight excluding hydrogens is 819 g/mol. The van der Waals surface area contributed by atoms with Crippen LogP contribution in [0.15, 0.2) is 94.7 Å². The molecule has 0 saturated carbocycles. The van der Waals surface area contributed by atoms with Gasteiger partial charge in [0.2, 0.25) is 0 Å². The van der Waals surface area contributed by atoms with Gasteiger partial charge in [0.15, 0.2) is 0 Å². The van der Waals surface area contributed by atoms with Crippen LogP contribution in [0.3, 0.4) is 0 Å². The number of rotatable bonds is 8. The molecule has 1 atom stereocenters. The van der Waals surface area contributed by atoms with Crippen LogP contribution in [0.5, 0.6) is 5.75 Å². The first-order chi connectivity index (χ1) is 21.7. The van der Waals surface area contributed by atoms with E-state index in [1.807, 2.05) is 0 Å². The molecule has 6 rings (SSSR count). The zero-order valence-electron chi connectivity index (χ0n) is 27.3. The molecule has 0 N–H and O–H groups in total.